The number of benzene rings is 1. The van der Waals surface area contributed by atoms with Gasteiger partial charge in [-0.1, -0.05) is 18.5 Å². The Kier molecular flexibility index (Phi) is 6.88. The van der Waals surface area contributed by atoms with Gasteiger partial charge in [0.15, 0.2) is 5.82 Å². The van der Waals surface area contributed by atoms with Crippen molar-refractivity contribution in [3.8, 4) is 0 Å². The van der Waals surface area contributed by atoms with Crippen LogP contribution in [0.25, 0.3) is 0 Å². The molecule has 3 aromatic rings. The molecule has 0 saturated carbocycles. The molecule has 9 nitrogen and oxygen atoms in total. The second kappa shape index (κ2) is 9.72. The number of aromatic nitrogens is 6. The number of tetrazole rings is 1. The van der Waals surface area contributed by atoms with Crippen molar-refractivity contribution >= 4 is 22.6 Å². The summed E-state index contributed by atoms with van der Waals surface area (Å²) in [5, 5.41) is 11.9. The lowest BCUT2D eigenvalue weighted by Gasteiger charge is -2.13. The molecule has 14 heteroatoms. The molecular weight excluding hydrogens is 494 g/mol. The van der Waals surface area contributed by atoms with Crippen molar-refractivity contribution in [3.63, 3.8) is 0 Å². The summed E-state index contributed by atoms with van der Waals surface area (Å²) in [5.74, 6) is -0.472. The van der Waals surface area contributed by atoms with E-state index in [1.54, 1.807) is 0 Å². The molecule has 0 aliphatic carbocycles. The molecule has 0 bridgehead atoms. The number of fused-ring (bicyclic) bond motifs is 1. The molecule has 4 rings (SSSR count). The van der Waals surface area contributed by atoms with Gasteiger partial charge in [-0.2, -0.15) is 18.0 Å². The van der Waals surface area contributed by atoms with Crippen LogP contribution >= 0.6 is 11.6 Å². The second-order valence-electron chi connectivity index (χ2n) is 7.99. The van der Waals surface area contributed by atoms with Crippen molar-refractivity contribution in [2.24, 2.45) is 4.99 Å². The smallest absolute Gasteiger partial charge is 0.278 e. The molecule has 35 heavy (non-hydrogen) atoms. The first-order valence-electron chi connectivity index (χ1n) is 10.8. The van der Waals surface area contributed by atoms with Crippen molar-refractivity contribution in [2.75, 3.05) is 0 Å². The van der Waals surface area contributed by atoms with Crippen LogP contribution in [-0.4, -0.2) is 34.5 Å². The van der Waals surface area contributed by atoms with E-state index in [4.69, 9.17) is 11.6 Å². The molecule has 0 fully saturated rings. The maximum absolute atomic E-state index is 14.0. The van der Waals surface area contributed by atoms with Crippen LogP contribution in [0.15, 0.2) is 32.8 Å². The molecule has 186 valence electrons. The van der Waals surface area contributed by atoms with Gasteiger partial charge in [-0.25, -0.2) is 14.2 Å². The average Bonchev–Trinajstić information content (AvgIpc) is 3.40. The summed E-state index contributed by atoms with van der Waals surface area (Å²) >= 11 is 5.99. The van der Waals surface area contributed by atoms with Crippen LogP contribution in [0.2, 0.25) is 0 Å². The van der Waals surface area contributed by atoms with Crippen molar-refractivity contribution in [2.45, 2.75) is 58.4 Å². The van der Waals surface area contributed by atoms with E-state index in [0.29, 0.717) is 42.9 Å². The summed E-state index contributed by atoms with van der Waals surface area (Å²) in [4.78, 5) is 31.0. The molecule has 1 aromatic carbocycles. The van der Waals surface area contributed by atoms with Crippen LogP contribution in [0.3, 0.4) is 0 Å². The number of aryl methyl sites for hydroxylation is 1. The number of hydrogen-bond acceptors (Lipinski definition) is 6. The molecule has 0 amide bonds. The Hall–Kier alpha value is -3.35. The minimum absolute atomic E-state index is 0.0371. The number of nitrogens with zero attached hydrogens (tertiary/aromatic N) is 7. The Labute approximate surface area is 200 Å². The molecule has 0 spiro atoms. The summed E-state index contributed by atoms with van der Waals surface area (Å²) < 4.78 is 55.3. The topological polar surface area (TPSA) is 100.0 Å². The zero-order chi connectivity index (χ0) is 25.3. The van der Waals surface area contributed by atoms with E-state index in [2.05, 4.69) is 20.4 Å². The van der Waals surface area contributed by atoms with Crippen LogP contribution in [-0.2, 0) is 38.7 Å². The largest absolute Gasteiger partial charge is 0.416 e. The lowest BCUT2D eigenvalue weighted by molar-refractivity contribution is -0.137. The highest BCUT2D eigenvalue weighted by Gasteiger charge is 2.31. The Morgan fingerprint density at radius 2 is 1.89 bits per heavy atom. The minimum Gasteiger partial charge on any atom is -0.278 e. The highest BCUT2D eigenvalue weighted by molar-refractivity contribution is 6.66. The standard InChI is InChI=1S/C21H20ClF4N7O2/c1-2-6-31-18-14(11-16(22)27-18)19(34)32(20(31)35)7-3-8-33-29-17(28-30-33)10-12-9-13(21(24,25)26)4-5-15(12)23/h4-5,9H,2-3,6-8,10-11H2,1H3. The van der Waals surface area contributed by atoms with E-state index in [-0.39, 0.29) is 42.5 Å². The third-order valence-electron chi connectivity index (χ3n) is 5.44. The van der Waals surface area contributed by atoms with Gasteiger partial charge in [-0.3, -0.25) is 13.9 Å². The number of halogens is 5. The highest BCUT2D eigenvalue weighted by atomic mass is 35.5. The molecule has 2 aromatic heterocycles. The van der Waals surface area contributed by atoms with Crippen LogP contribution in [0.1, 0.15) is 42.3 Å². The van der Waals surface area contributed by atoms with Gasteiger partial charge in [0.2, 0.25) is 0 Å². The molecular formula is C21H20ClF4N7O2. The van der Waals surface area contributed by atoms with Gasteiger partial charge in [0.25, 0.3) is 5.56 Å². The first-order chi connectivity index (χ1) is 16.6. The predicted molar refractivity (Wildman–Crippen MR) is 119 cm³/mol. The van der Waals surface area contributed by atoms with Gasteiger partial charge in [0.1, 0.15) is 16.8 Å². The first-order valence-corrected chi connectivity index (χ1v) is 11.2. The Bertz CT molecular complexity index is 1410. The van der Waals surface area contributed by atoms with Crippen molar-refractivity contribution in [1.82, 2.24) is 29.3 Å². The fraction of sp³-hybridized carbons (Fsp3) is 0.429. The zero-order valence-electron chi connectivity index (χ0n) is 18.5. The molecule has 0 atom stereocenters. The van der Waals surface area contributed by atoms with E-state index in [1.165, 1.54) is 9.36 Å². The van der Waals surface area contributed by atoms with E-state index >= 15 is 0 Å². The number of rotatable bonds is 8. The third kappa shape index (κ3) is 5.19. The summed E-state index contributed by atoms with van der Waals surface area (Å²) in [7, 11) is 0. The molecule has 3 heterocycles. The normalized spacial score (nSPS) is 13.3. The summed E-state index contributed by atoms with van der Waals surface area (Å²) in [6, 6.07) is 2.13. The number of alkyl halides is 3. The van der Waals surface area contributed by atoms with Gasteiger partial charge in [-0.15, -0.1) is 10.2 Å². The van der Waals surface area contributed by atoms with E-state index in [1.807, 2.05) is 6.92 Å². The lowest BCUT2D eigenvalue weighted by Crippen LogP contribution is -2.41. The monoisotopic (exact) mass is 513 g/mol. The molecule has 0 N–H and O–H groups in total. The van der Waals surface area contributed by atoms with Crippen molar-refractivity contribution < 1.29 is 17.6 Å². The highest BCUT2D eigenvalue weighted by Crippen LogP contribution is 2.30. The van der Waals surface area contributed by atoms with Gasteiger partial charge >= 0.3 is 11.9 Å². The van der Waals surface area contributed by atoms with E-state index < -0.39 is 28.8 Å². The van der Waals surface area contributed by atoms with Crippen LogP contribution in [0, 0.1) is 5.82 Å². The Morgan fingerprint density at radius 3 is 2.60 bits per heavy atom. The van der Waals surface area contributed by atoms with Crippen molar-refractivity contribution in [3.05, 3.63) is 67.4 Å². The quantitative estimate of drug-likeness (QED) is 0.431. The predicted octanol–water partition coefficient (Wildman–Crippen LogP) is 3.07. The fourth-order valence-electron chi connectivity index (χ4n) is 3.82. The molecule has 1 aliphatic heterocycles. The average molecular weight is 514 g/mol. The third-order valence-corrected chi connectivity index (χ3v) is 5.66. The Balaban J connectivity index is 1.46. The fourth-order valence-corrected chi connectivity index (χ4v) is 4.03. The van der Waals surface area contributed by atoms with Crippen LogP contribution < -0.4 is 11.2 Å². The van der Waals surface area contributed by atoms with Crippen LogP contribution in [0.5, 0.6) is 0 Å². The minimum atomic E-state index is -4.60. The zero-order valence-corrected chi connectivity index (χ0v) is 19.3. The van der Waals surface area contributed by atoms with E-state index in [9.17, 15) is 27.2 Å². The second-order valence-corrected chi connectivity index (χ2v) is 8.43. The molecule has 0 saturated heterocycles. The Morgan fingerprint density at radius 1 is 1.11 bits per heavy atom. The van der Waals surface area contributed by atoms with Gasteiger partial charge in [-0.05, 0) is 41.8 Å². The van der Waals surface area contributed by atoms with Gasteiger partial charge in [0, 0.05) is 25.9 Å². The van der Waals surface area contributed by atoms with Crippen LogP contribution in [0.4, 0.5) is 23.4 Å². The van der Waals surface area contributed by atoms with Gasteiger partial charge < -0.3 is 0 Å². The van der Waals surface area contributed by atoms with Crippen molar-refractivity contribution in [1.29, 1.82) is 0 Å². The summed E-state index contributed by atoms with van der Waals surface area (Å²) in [5.41, 5.74) is -1.75. The first kappa shape index (κ1) is 24.8. The molecule has 0 unspecified atom stereocenters. The summed E-state index contributed by atoms with van der Waals surface area (Å²) in [6.07, 6.45) is -3.75. The number of aliphatic imine (C=N–C) groups is 1. The maximum Gasteiger partial charge on any atom is 0.416 e. The van der Waals surface area contributed by atoms with E-state index in [0.717, 1.165) is 10.6 Å². The number of hydrogen-bond donors (Lipinski definition) is 0. The summed E-state index contributed by atoms with van der Waals surface area (Å²) in [6.45, 7) is 2.53. The molecule has 0 radical (unpaired) electrons. The molecule has 1 aliphatic rings. The SMILES string of the molecule is CCCn1c2c(c(=O)n(CCCn3nnc(Cc4cc(C(F)(F)F)ccc4F)n3)c1=O)CC(Cl)=N2. The maximum atomic E-state index is 14.0. The van der Waals surface area contributed by atoms with Gasteiger partial charge in [0.05, 0.1) is 17.7 Å². The lowest BCUT2D eigenvalue weighted by atomic mass is 10.1.